The minimum atomic E-state index is -0.223. The fourth-order valence-electron chi connectivity index (χ4n) is 1.62. The van der Waals surface area contributed by atoms with E-state index in [-0.39, 0.29) is 5.97 Å². The van der Waals surface area contributed by atoms with E-state index in [4.69, 9.17) is 4.74 Å². The molecule has 0 atom stereocenters. The Morgan fingerprint density at radius 1 is 1.39 bits per heavy atom. The van der Waals surface area contributed by atoms with Crippen LogP contribution < -0.4 is 4.74 Å². The summed E-state index contributed by atoms with van der Waals surface area (Å²) < 4.78 is 11.0. The molecule has 4 nitrogen and oxygen atoms in total. The number of carbonyl (C=O) groups is 1. The first-order chi connectivity index (χ1) is 8.56. The third-order valence-corrected chi connectivity index (χ3v) is 3.13. The molecule has 0 radical (unpaired) electrons. The Bertz CT molecular complexity index is 409. The van der Waals surface area contributed by atoms with Crippen molar-refractivity contribution in [2.75, 3.05) is 34.4 Å². The highest BCUT2D eigenvalue weighted by Crippen LogP contribution is 2.23. The molecule has 0 saturated heterocycles. The first kappa shape index (κ1) is 15.0. The zero-order valence-corrected chi connectivity index (χ0v) is 12.5. The van der Waals surface area contributed by atoms with E-state index in [1.165, 1.54) is 7.11 Å². The predicted octanol–water partition coefficient (Wildman–Crippen LogP) is 2.10. The van der Waals surface area contributed by atoms with Gasteiger partial charge in [-0.2, -0.15) is 0 Å². The second kappa shape index (κ2) is 7.38. The molecule has 1 aromatic rings. The minimum Gasteiger partial charge on any atom is -0.496 e. The van der Waals surface area contributed by atoms with Gasteiger partial charge in [0.1, 0.15) is 5.75 Å². The Labute approximate surface area is 116 Å². The van der Waals surface area contributed by atoms with Gasteiger partial charge in [-0.1, -0.05) is 15.9 Å². The zero-order chi connectivity index (χ0) is 13.5. The predicted molar refractivity (Wildman–Crippen MR) is 73.9 cm³/mol. The molecule has 100 valence electrons. The number of ether oxygens (including phenoxy) is 2. The second-order valence-electron chi connectivity index (χ2n) is 4.02. The fraction of sp³-hybridized carbons (Fsp3) is 0.462. The molecule has 0 heterocycles. The van der Waals surface area contributed by atoms with Crippen LogP contribution in [0.3, 0.4) is 0 Å². The third kappa shape index (κ3) is 4.66. The van der Waals surface area contributed by atoms with Gasteiger partial charge in [-0.25, -0.2) is 0 Å². The van der Waals surface area contributed by atoms with Gasteiger partial charge in [0.2, 0.25) is 0 Å². The normalized spacial score (nSPS) is 10.5. The molecule has 0 aliphatic carbocycles. The summed E-state index contributed by atoms with van der Waals surface area (Å²) in [6.07, 6.45) is 0.816. The maximum absolute atomic E-state index is 11.1. The molecule has 0 unspecified atom stereocenters. The van der Waals surface area contributed by atoms with Gasteiger partial charge >= 0.3 is 5.97 Å². The average Bonchev–Trinajstić information content (AvgIpc) is 2.36. The molecule has 0 aromatic heterocycles. The Hall–Kier alpha value is -1.07. The summed E-state index contributed by atoms with van der Waals surface area (Å²) in [6, 6.07) is 5.91. The molecule has 0 spiro atoms. The highest BCUT2D eigenvalue weighted by atomic mass is 79.9. The van der Waals surface area contributed by atoms with Gasteiger partial charge in [-0.15, -0.1) is 0 Å². The standard InChI is InChI=1S/C13H18BrNO3/c1-15(9-13(16)18-3)7-6-10-8-11(14)4-5-12(10)17-2/h4-5,8H,6-7,9H2,1-3H3. The van der Waals surface area contributed by atoms with Crippen molar-refractivity contribution >= 4 is 21.9 Å². The molecule has 0 aliphatic heterocycles. The van der Waals surface area contributed by atoms with Crippen molar-refractivity contribution in [1.82, 2.24) is 4.90 Å². The summed E-state index contributed by atoms with van der Waals surface area (Å²) in [5.74, 6) is 0.642. The van der Waals surface area contributed by atoms with E-state index in [1.54, 1.807) is 7.11 Å². The van der Waals surface area contributed by atoms with Crippen molar-refractivity contribution in [2.24, 2.45) is 0 Å². The molecule has 1 aromatic carbocycles. The molecule has 5 heteroatoms. The van der Waals surface area contributed by atoms with Crippen LogP contribution in [0.1, 0.15) is 5.56 Å². The van der Waals surface area contributed by atoms with Gasteiger partial charge in [0.15, 0.2) is 0 Å². The van der Waals surface area contributed by atoms with Crippen molar-refractivity contribution in [1.29, 1.82) is 0 Å². The van der Waals surface area contributed by atoms with Crippen LogP contribution in [0.25, 0.3) is 0 Å². The molecule has 0 bridgehead atoms. The Morgan fingerprint density at radius 3 is 2.72 bits per heavy atom. The number of benzene rings is 1. The Balaban J connectivity index is 2.57. The number of nitrogens with zero attached hydrogens (tertiary/aromatic N) is 1. The van der Waals surface area contributed by atoms with E-state index in [1.807, 2.05) is 30.1 Å². The van der Waals surface area contributed by atoms with Gasteiger partial charge in [0.05, 0.1) is 20.8 Å². The molecule has 0 aliphatic rings. The number of likely N-dealkylation sites (N-methyl/N-ethyl adjacent to an activating group) is 1. The highest BCUT2D eigenvalue weighted by Gasteiger charge is 2.08. The van der Waals surface area contributed by atoms with Gasteiger partial charge < -0.3 is 9.47 Å². The third-order valence-electron chi connectivity index (χ3n) is 2.63. The lowest BCUT2D eigenvalue weighted by molar-refractivity contribution is -0.141. The van der Waals surface area contributed by atoms with E-state index < -0.39 is 0 Å². The van der Waals surface area contributed by atoms with E-state index in [0.717, 1.165) is 28.8 Å². The first-order valence-corrected chi connectivity index (χ1v) is 6.44. The van der Waals surface area contributed by atoms with Crippen molar-refractivity contribution < 1.29 is 14.3 Å². The molecule has 1 rings (SSSR count). The summed E-state index contributed by atoms with van der Waals surface area (Å²) in [4.78, 5) is 13.0. The maximum Gasteiger partial charge on any atom is 0.319 e. The molecule has 0 amide bonds. The van der Waals surface area contributed by atoms with Crippen molar-refractivity contribution in [3.8, 4) is 5.75 Å². The molecular formula is C13H18BrNO3. The molecular weight excluding hydrogens is 298 g/mol. The van der Waals surface area contributed by atoms with Crippen LogP contribution in [0.5, 0.6) is 5.75 Å². The summed E-state index contributed by atoms with van der Waals surface area (Å²) >= 11 is 3.44. The quantitative estimate of drug-likeness (QED) is 0.754. The van der Waals surface area contributed by atoms with Gasteiger partial charge in [0.25, 0.3) is 0 Å². The lowest BCUT2D eigenvalue weighted by Crippen LogP contribution is -2.28. The Morgan fingerprint density at radius 2 is 2.11 bits per heavy atom. The van der Waals surface area contributed by atoms with Crippen LogP contribution in [0.15, 0.2) is 22.7 Å². The van der Waals surface area contributed by atoms with Crippen LogP contribution in [-0.4, -0.2) is 45.2 Å². The summed E-state index contributed by atoms with van der Waals surface area (Å²) in [5, 5.41) is 0. The number of halogens is 1. The smallest absolute Gasteiger partial charge is 0.319 e. The number of carbonyl (C=O) groups excluding carboxylic acids is 1. The molecule has 0 fully saturated rings. The largest absolute Gasteiger partial charge is 0.496 e. The van der Waals surface area contributed by atoms with Crippen molar-refractivity contribution in [3.63, 3.8) is 0 Å². The lowest BCUT2D eigenvalue weighted by atomic mass is 10.1. The topological polar surface area (TPSA) is 38.8 Å². The van der Waals surface area contributed by atoms with Crippen LogP contribution in [0.2, 0.25) is 0 Å². The number of methoxy groups -OCH3 is 2. The fourth-order valence-corrected chi connectivity index (χ4v) is 2.03. The van der Waals surface area contributed by atoms with E-state index in [0.29, 0.717) is 6.54 Å². The molecule has 0 saturated carbocycles. The number of esters is 1. The number of hydrogen-bond acceptors (Lipinski definition) is 4. The zero-order valence-electron chi connectivity index (χ0n) is 10.9. The SMILES string of the molecule is COC(=O)CN(C)CCc1cc(Br)ccc1OC. The summed E-state index contributed by atoms with van der Waals surface area (Å²) in [7, 11) is 4.94. The van der Waals surface area contributed by atoms with Crippen molar-refractivity contribution in [2.45, 2.75) is 6.42 Å². The highest BCUT2D eigenvalue weighted by molar-refractivity contribution is 9.10. The van der Waals surface area contributed by atoms with Crippen LogP contribution in [0.4, 0.5) is 0 Å². The monoisotopic (exact) mass is 315 g/mol. The maximum atomic E-state index is 11.1. The van der Waals surface area contributed by atoms with Gasteiger partial charge in [-0.05, 0) is 37.2 Å². The van der Waals surface area contributed by atoms with E-state index in [2.05, 4.69) is 20.7 Å². The number of rotatable bonds is 6. The first-order valence-electron chi connectivity index (χ1n) is 5.64. The van der Waals surface area contributed by atoms with Crippen LogP contribution >= 0.6 is 15.9 Å². The summed E-state index contributed by atoms with van der Waals surface area (Å²) in [6.45, 7) is 1.06. The lowest BCUT2D eigenvalue weighted by Gasteiger charge is -2.16. The summed E-state index contributed by atoms with van der Waals surface area (Å²) in [5.41, 5.74) is 1.11. The van der Waals surface area contributed by atoms with Crippen LogP contribution in [0, 0.1) is 0 Å². The second-order valence-corrected chi connectivity index (χ2v) is 4.94. The molecule has 18 heavy (non-hydrogen) atoms. The van der Waals surface area contributed by atoms with Gasteiger partial charge in [0, 0.05) is 11.0 Å². The minimum absolute atomic E-state index is 0.223. The van der Waals surface area contributed by atoms with Gasteiger partial charge in [-0.3, -0.25) is 9.69 Å². The van der Waals surface area contributed by atoms with Crippen LogP contribution in [-0.2, 0) is 16.0 Å². The number of hydrogen-bond donors (Lipinski definition) is 0. The van der Waals surface area contributed by atoms with E-state index in [9.17, 15) is 4.79 Å². The molecule has 0 N–H and O–H groups in total. The Kier molecular flexibility index (Phi) is 6.15. The van der Waals surface area contributed by atoms with Crippen molar-refractivity contribution in [3.05, 3.63) is 28.2 Å². The van der Waals surface area contributed by atoms with E-state index >= 15 is 0 Å². The average molecular weight is 316 g/mol.